The number of H-pyrrole nitrogens is 1. The Hall–Kier alpha value is -1.70. The Balaban J connectivity index is 0.00000156. The van der Waals surface area contributed by atoms with E-state index in [1.54, 1.807) is 7.11 Å². The van der Waals surface area contributed by atoms with Gasteiger partial charge in [0.2, 0.25) is 5.91 Å². The molecule has 6 unspecified atom stereocenters. The van der Waals surface area contributed by atoms with Gasteiger partial charge in [-0.05, 0) is 68.8 Å². The zero-order valence-corrected chi connectivity index (χ0v) is 24.3. The summed E-state index contributed by atoms with van der Waals surface area (Å²) in [6.45, 7) is 12.6. The van der Waals surface area contributed by atoms with Crippen molar-refractivity contribution in [3.63, 3.8) is 0 Å². The maximum Gasteiger partial charge on any atom is 0.239 e. The van der Waals surface area contributed by atoms with Gasteiger partial charge in [-0.1, -0.05) is 46.3 Å². The van der Waals surface area contributed by atoms with E-state index in [9.17, 15) is 4.79 Å². The minimum Gasteiger partial charge on any atom is -0.381 e. The molecule has 7 heteroatoms. The van der Waals surface area contributed by atoms with E-state index in [1.165, 1.54) is 29.8 Å². The number of hydrogen-bond donors (Lipinski definition) is 2. The van der Waals surface area contributed by atoms with Gasteiger partial charge < -0.3 is 15.0 Å². The van der Waals surface area contributed by atoms with Crippen molar-refractivity contribution in [2.75, 3.05) is 27.2 Å². The first-order chi connectivity index (χ1) is 17.8. The summed E-state index contributed by atoms with van der Waals surface area (Å²) in [5.74, 6) is 0.742. The number of carbonyl (C=O) groups is 1. The molecule has 0 bridgehead atoms. The van der Waals surface area contributed by atoms with Crippen LogP contribution in [0, 0.1) is 11.3 Å². The highest BCUT2D eigenvalue weighted by Gasteiger charge is 2.41. The lowest BCUT2D eigenvalue weighted by atomic mass is 9.73. The highest BCUT2D eigenvalue weighted by atomic mass is 16.5. The largest absolute Gasteiger partial charge is 0.381 e. The van der Waals surface area contributed by atoms with Crippen molar-refractivity contribution in [3.05, 3.63) is 29.1 Å². The number of methoxy groups -OCH3 is 1. The number of amides is 1. The number of ether oxygens (including phenoxy) is 1. The summed E-state index contributed by atoms with van der Waals surface area (Å²) in [4.78, 5) is 17.7. The first-order valence-electron chi connectivity index (χ1n) is 14.9. The minimum absolute atomic E-state index is 0.0856. The number of aromatic amines is 1. The minimum atomic E-state index is -0.0856. The van der Waals surface area contributed by atoms with E-state index in [2.05, 4.69) is 48.2 Å². The second-order valence-corrected chi connectivity index (χ2v) is 11.9. The Morgan fingerprint density at radius 3 is 2.68 bits per heavy atom. The average molecular weight is 514 g/mol. The fourth-order valence-electron chi connectivity index (χ4n) is 6.92. The first kappa shape index (κ1) is 28.3. The summed E-state index contributed by atoms with van der Waals surface area (Å²) in [5.41, 5.74) is 4.47. The lowest BCUT2D eigenvalue weighted by Crippen LogP contribution is -2.52. The fourth-order valence-corrected chi connectivity index (χ4v) is 6.92. The van der Waals surface area contributed by atoms with Crippen LogP contribution in [0.3, 0.4) is 0 Å². The molecule has 0 saturated carbocycles. The van der Waals surface area contributed by atoms with E-state index in [0.29, 0.717) is 29.5 Å². The molecular formula is C30H51N5O2. The van der Waals surface area contributed by atoms with Gasteiger partial charge in [0.1, 0.15) is 0 Å². The number of fused-ring (bicyclic) bond motifs is 2. The van der Waals surface area contributed by atoms with Crippen molar-refractivity contribution in [2.24, 2.45) is 11.3 Å². The lowest BCUT2D eigenvalue weighted by Gasteiger charge is -2.39. The van der Waals surface area contributed by atoms with Crippen LogP contribution < -0.4 is 5.32 Å². The molecule has 2 N–H and O–H groups in total. The van der Waals surface area contributed by atoms with Gasteiger partial charge in [-0.15, -0.1) is 0 Å². The summed E-state index contributed by atoms with van der Waals surface area (Å²) in [7, 11) is 3.77. The number of nitrogens with zero attached hydrogens (tertiary/aromatic N) is 3. The van der Waals surface area contributed by atoms with E-state index in [4.69, 9.17) is 9.84 Å². The van der Waals surface area contributed by atoms with Crippen LogP contribution >= 0.6 is 0 Å². The molecule has 2 aliphatic carbocycles. The predicted octanol–water partition coefficient (Wildman–Crippen LogP) is 4.65. The number of piperidine rings is 1. The maximum atomic E-state index is 13.4. The number of likely N-dealkylation sites (N-methyl/N-ethyl adjacent to an activating group) is 1. The van der Waals surface area contributed by atoms with Crippen molar-refractivity contribution in [2.45, 2.75) is 116 Å². The molecule has 2 saturated heterocycles. The third kappa shape index (κ3) is 5.84. The monoisotopic (exact) mass is 513 g/mol. The second-order valence-electron chi connectivity index (χ2n) is 11.9. The Kier molecular flexibility index (Phi) is 9.18. The smallest absolute Gasteiger partial charge is 0.239 e. The topological polar surface area (TPSA) is 73.5 Å². The molecule has 2 aliphatic heterocycles. The van der Waals surface area contributed by atoms with Crippen LogP contribution in [0.5, 0.6) is 0 Å². The Morgan fingerprint density at radius 2 is 2.00 bits per heavy atom. The van der Waals surface area contributed by atoms with E-state index in [0.717, 1.165) is 51.6 Å². The van der Waals surface area contributed by atoms with E-state index >= 15 is 0 Å². The van der Waals surface area contributed by atoms with Crippen LogP contribution in [0.1, 0.15) is 96.1 Å². The van der Waals surface area contributed by atoms with Gasteiger partial charge in [-0.3, -0.25) is 14.8 Å². The summed E-state index contributed by atoms with van der Waals surface area (Å²) in [6, 6.07) is 0.765. The van der Waals surface area contributed by atoms with Crippen LogP contribution in [0.25, 0.3) is 0 Å². The molecular weight excluding hydrogens is 462 g/mol. The van der Waals surface area contributed by atoms with E-state index < -0.39 is 0 Å². The van der Waals surface area contributed by atoms with Crippen LogP contribution in [-0.2, 0) is 22.4 Å². The number of likely N-dealkylation sites (tertiary alicyclic amines) is 1. The highest BCUT2D eigenvalue weighted by Crippen LogP contribution is 2.42. The molecule has 3 heterocycles. The molecule has 5 rings (SSSR count). The number of nitrogens with one attached hydrogen (secondary N) is 2. The molecule has 6 atom stereocenters. The molecule has 4 aliphatic rings. The molecule has 208 valence electrons. The summed E-state index contributed by atoms with van der Waals surface area (Å²) in [6.07, 6.45) is 13.8. The van der Waals surface area contributed by atoms with E-state index in [1.807, 2.05) is 25.8 Å². The molecule has 1 aromatic rings. The third-order valence-corrected chi connectivity index (χ3v) is 9.83. The number of carbonyl (C=O) groups excluding carboxylic acids is 1. The zero-order chi connectivity index (χ0) is 26.7. The Labute approximate surface area is 224 Å². The van der Waals surface area contributed by atoms with Gasteiger partial charge in [0, 0.05) is 39.0 Å². The summed E-state index contributed by atoms with van der Waals surface area (Å²) < 4.78 is 5.50. The quantitative estimate of drug-likeness (QED) is 0.542. The fraction of sp³-hybridized carbons (Fsp3) is 0.800. The maximum absolute atomic E-state index is 13.4. The molecule has 0 radical (unpaired) electrons. The third-order valence-electron chi connectivity index (χ3n) is 9.83. The second kappa shape index (κ2) is 12.0. The standard InChI is InChI=1S/C28H45N5O2.C2H6/c1-6-28(3)12-9-22-25(17-28)30-31-26(22)24-15-19-7-8-20(16-23(19)29-24)32(4)27(34)18(2)33-13-10-21(35-5)11-14-33;1-2/h7-8,18-21,23-24,29H,6,9-17H2,1-5H3,(H,30,31);1-2H3. The van der Waals surface area contributed by atoms with Crippen LogP contribution in [-0.4, -0.2) is 77.4 Å². The SMILES string of the molecule is CC.CCC1(C)CCc2c(C3CC4C=CC(N(C)C(=O)C(C)N5CCC(OC)CC5)CC4N3)n[nH]c2C1. The van der Waals surface area contributed by atoms with Gasteiger partial charge >= 0.3 is 0 Å². The number of aromatic nitrogens is 2. The van der Waals surface area contributed by atoms with Gasteiger partial charge in [0.15, 0.2) is 0 Å². The van der Waals surface area contributed by atoms with Crippen LogP contribution in [0.4, 0.5) is 0 Å². The Morgan fingerprint density at radius 1 is 1.27 bits per heavy atom. The van der Waals surface area contributed by atoms with Crippen molar-refractivity contribution < 1.29 is 9.53 Å². The Bertz CT molecular complexity index is 936. The van der Waals surface area contributed by atoms with Crippen LogP contribution in [0.2, 0.25) is 0 Å². The van der Waals surface area contributed by atoms with Crippen molar-refractivity contribution in [3.8, 4) is 0 Å². The molecule has 37 heavy (non-hydrogen) atoms. The number of rotatable bonds is 6. The zero-order valence-electron chi connectivity index (χ0n) is 24.3. The normalized spacial score (nSPS) is 32.7. The number of hydrogen-bond acceptors (Lipinski definition) is 5. The summed E-state index contributed by atoms with van der Waals surface area (Å²) in [5, 5.41) is 12.1. The average Bonchev–Trinajstić information content (AvgIpc) is 3.56. The van der Waals surface area contributed by atoms with Gasteiger partial charge in [0.25, 0.3) is 0 Å². The highest BCUT2D eigenvalue weighted by molar-refractivity contribution is 5.81. The molecule has 7 nitrogen and oxygen atoms in total. The predicted molar refractivity (Wildman–Crippen MR) is 150 cm³/mol. The molecule has 2 fully saturated rings. The van der Waals surface area contributed by atoms with Crippen molar-refractivity contribution in [1.29, 1.82) is 0 Å². The lowest BCUT2D eigenvalue weighted by molar-refractivity contribution is -0.137. The molecule has 0 aromatic carbocycles. The van der Waals surface area contributed by atoms with Gasteiger partial charge in [-0.2, -0.15) is 5.10 Å². The summed E-state index contributed by atoms with van der Waals surface area (Å²) >= 11 is 0. The molecule has 1 aromatic heterocycles. The molecule has 0 spiro atoms. The van der Waals surface area contributed by atoms with Crippen LogP contribution in [0.15, 0.2) is 12.2 Å². The molecule has 1 amide bonds. The van der Waals surface area contributed by atoms with Gasteiger partial charge in [-0.25, -0.2) is 0 Å². The van der Waals surface area contributed by atoms with E-state index in [-0.39, 0.29) is 18.0 Å². The van der Waals surface area contributed by atoms with Gasteiger partial charge in [0.05, 0.1) is 29.9 Å². The van der Waals surface area contributed by atoms with Crippen molar-refractivity contribution >= 4 is 5.91 Å². The first-order valence-corrected chi connectivity index (χ1v) is 14.9. The van der Waals surface area contributed by atoms with Crippen molar-refractivity contribution in [1.82, 2.24) is 25.3 Å².